The van der Waals surface area contributed by atoms with E-state index in [0.717, 1.165) is 0 Å². The molecule has 0 bridgehead atoms. The number of aromatic hydroxyl groups is 1. The van der Waals surface area contributed by atoms with Gasteiger partial charge in [-0.15, -0.1) is 0 Å². The first kappa shape index (κ1) is 17.3. The summed E-state index contributed by atoms with van der Waals surface area (Å²) in [5.41, 5.74) is 1.86. The van der Waals surface area contributed by atoms with Gasteiger partial charge >= 0.3 is 0 Å². The van der Waals surface area contributed by atoms with Gasteiger partial charge in [0.2, 0.25) is 0 Å². The van der Waals surface area contributed by atoms with E-state index in [-0.39, 0.29) is 17.1 Å². The minimum atomic E-state index is -0.214. The Bertz CT molecular complexity index is 806. The van der Waals surface area contributed by atoms with Gasteiger partial charge in [-0.2, -0.15) is 0 Å². The monoisotopic (exact) mass is 326 g/mol. The zero-order chi connectivity index (χ0) is 17.7. The van der Waals surface area contributed by atoms with Crippen molar-refractivity contribution in [2.75, 3.05) is 14.2 Å². The summed E-state index contributed by atoms with van der Waals surface area (Å²) in [6.07, 6.45) is 3.58. The average Bonchev–Trinajstić information content (AvgIpc) is 2.61. The summed E-state index contributed by atoms with van der Waals surface area (Å²) >= 11 is 0. The smallest absolute Gasteiger partial charge is 0.185 e. The highest BCUT2D eigenvalue weighted by atomic mass is 16.5. The number of ketones is 1. The van der Waals surface area contributed by atoms with Crippen molar-refractivity contribution in [2.45, 2.75) is 6.92 Å². The van der Waals surface area contributed by atoms with Gasteiger partial charge in [-0.3, -0.25) is 9.59 Å². The molecule has 0 saturated carbocycles. The molecule has 24 heavy (non-hydrogen) atoms. The third-order valence-electron chi connectivity index (χ3n) is 3.57. The zero-order valence-electron chi connectivity index (χ0n) is 13.7. The number of ether oxygens (including phenoxy) is 2. The highest BCUT2D eigenvalue weighted by Crippen LogP contribution is 2.28. The Morgan fingerprint density at radius 3 is 2.42 bits per heavy atom. The molecule has 0 amide bonds. The van der Waals surface area contributed by atoms with Gasteiger partial charge in [0, 0.05) is 5.56 Å². The van der Waals surface area contributed by atoms with E-state index in [1.54, 1.807) is 37.3 Å². The van der Waals surface area contributed by atoms with E-state index in [1.807, 2.05) is 0 Å². The predicted molar refractivity (Wildman–Crippen MR) is 91.1 cm³/mol. The number of phenolic OH excluding ortho intramolecular Hbond substituents is 1. The zero-order valence-corrected chi connectivity index (χ0v) is 13.7. The largest absolute Gasteiger partial charge is 0.507 e. The lowest BCUT2D eigenvalue weighted by molar-refractivity contribution is 0.104. The Hall–Kier alpha value is -3.08. The van der Waals surface area contributed by atoms with Crippen molar-refractivity contribution in [3.8, 4) is 17.2 Å². The van der Waals surface area contributed by atoms with Crippen LogP contribution in [0.4, 0.5) is 0 Å². The molecule has 1 N–H and O–H groups in total. The fraction of sp³-hybridized carbons (Fsp3) is 0.158. The van der Waals surface area contributed by atoms with Crippen LogP contribution in [0.5, 0.6) is 17.2 Å². The number of carbonyl (C=O) groups is 2. The maximum absolute atomic E-state index is 12.3. The highest BCUT2D eigenvalue weighted by Gasteiger charge is 2.09. The van der Waals surface area contributed by atoms with Crippen LogP contribution in [0.25, 0.3) is 6.08 Å². The molecule has 0 heterocycles. The molecule has 0 aliphatic rings. The van der Waals surface area contributed by atoms with Crippen LogP contribution in [0.1, 0.15) is 31.8 Å². The van der Waals surface area contributed by atoms with Crippen LogP contribution in [-0.2, 0) is 0 Å². The van der Waals surface area contributed by atoms with Crippen LogP contribution < -0.4 is 9.47 Å². The van der Waals surface area contributed by atoms with Crippen molar-refractivity contribution in [1.29, 1.82) is 0 Å². The molecular weight excluding hydrogens is 308 g/mol. The number of hydrogen-bond donors (Lipinski definition) is 1. The third-order valence-corrected chi connectivity index (χ3v) is 3.57. The molecule has 0 spiro atoms. The number of benzene rings is 2. The van der Waals surface area contributed by atoms with Gasteiger partial charge in [0.1, 0.15) is 5.75 Å². The summed E-state index contributed by atoms with van der Waals surface area (Å²) in [5, 5.41) is 9.74. The molecule has 2 rings (SSSR count). The van der Waals surface area contributed by atoms with Crippen LogP contribution in [0.3, 0.4) is 0 Å². The number of phenols is 1. The second-order valence-electron chi connectivity index (χ2n) is 5.16. The van der Waals surface area contributed by atoms with Gasteiger partial charge in [-0.1, -0.05) is 6.08 Å². The normalized spacial score (nSPS) is 10.6. The molecule has 5 heteroatoms. The van der Waals surface area contributed by atoms with E-state index < -0.39 is 0 Å². The van der Waals surface area contributed by atoms with Gasteiger partial charge in [0.05, 0.1) is 19.8 Å². The van der Waals surface area contributed by atoms with E-state index in [0.29, 0.717) is 34.5 Å². The van der Waals surface area contributed by atoms with E-state index in [9.17, 15) is 14.7 Å². The van der Waals surface area contributed by atoms with Crippen LogP contribution in [-0.4, -0.2) is 31.4 Å². The first-order valence-electron chi connectivity index (χ1n) is 7.23. The Morgan fingerprint density at radius 2 is 1.79 bits per heavy atom. The number of aldehydes is 1. The second-order valence-corrected chi connectivity index (χ2v) is 5.16. The number of rotatable bonds is 6. The maximum atomic E-state index is 12.3. The fourth-order valence-electron chi connectivity index (χ4n) is 2.28. The molecule has 2 aromatic rings. The van der Waals surface area contributed by atoms with Crippen molar-refractivity contribution < 1.29 is 24.2 Å². The maximum Gasteiger partial charge on any atom is 0.185 e. The van der Waals surface area contributed by atoms with Crippen molar-refractivity contribution >= 4 is 18.1 Å². The Balaban J connectivity index is 2.28. The molecule has 0 radical (unpaired) electrons. The summed E-state index contributed by atoms with van der Waals surface area (Å²) in [6, 6.07) is 8.13. The highest BCUT2D eigenvalue weighted by molar-refractivity contribution is 6.07. The molecule has 5 nitrogen and oxygen atoms in total. The lowest BCUT2D eigenvalue weighted by Crippen LogP contribution is -1.97. The van der Waals surface area contributed by atoms with Crippen LogP contribution in [0.15, 0.2) is 36.4 Å². The Kier molecular flexibility index (Phi) is 5.37. The first-order chi connectivity index (χ1) is 11.5. The Morgan fingerprint density at radius 1 is 1.08 bits per heavy atom. The fourth-order valence-corrected chi connectivity index (χ4v) is 2.28. The van der Waals surface area contributed by atoms with Crippen molar-refractivity contribution in [2.24, 2.45) is 0 Å². The SMILES string of the molecule is COc1ccc(C(=O)/C=C/c2cc(C)c(O)c(C=O)c2)cc1OC. The summed E-state index contributed by atoms with van der Waals surface area (Å²) in [5.74, 6) is 0.756. The number of aryl methyl sites for hydroxylation is 1. The summed E-state index contributed by atoms with van der Waals surface area (Å²) < 4.78 is 10.3. The Labute approximate surface area is 140 Å². The minimum absolute atomic E-state index is 0.0478. The van der Waals surface area contributed by atoms with E-state index in [2.05, 4.69) is 0 Å². The number of methoxy groups -OCH3 is 2. The van der Waals surface area contributed by atoms with Gasteiger partial charge in [0.15, 0.2) is 23.6 Å². The first-order valence-corrected chi connectivity index (χ1v) is 7.23. The summed E-state index contributed by atoms with van der Waals surface area (Å²) in [6.45, 7) is 1.69. The van der Waals surface area contributed by atoms with Gasteiger partial charge < -0.3 is 14.6 Å². The molecule has 2 aromatic carbocycles. The minimum Gasteiger partial charge on any atom is -0.507 e. The van der Waals surface area contributed by atoms with E-state index in [1.165, 1.54) is 26.4 Å². The molecule has 0 aliphatic carbocycles. The van der Waals surface area contributed by atoms with Gasteiger partial charge in [-0.25, -0.2) is 0 Å². The van der Waals surface area contributed by atoms with Crippen LogP contribution >= 0.6 is 0 Å². The number of allylic oxidation sites excluding steroid dienone is 1. The molecule has 0 fully saturated rings. The number of hydrogen-bond acceptors (Lipinski definition) is 5. The van der Waals surface area contributed by atoms with Gasteiger partial charge in [-0.05, 0) is 54.5 Å². The molecule has 124 valence electrons. The van der Waals surface area contributed by atoms with Crippen LogP contribution in [0.2, 0.25) is 0 Å². The molecule has 0 aromatic heterocycles. The topological polar surface area (TPSA) is 72.8 Å². The van der Waals surface area contributed by atoms with E-state index in [4.69, 9.17) is 9.47 Å². The van der Waals surface area contributed by atoms with Crippen molar-refractivity contribution in [3.63, 3.8) is 0 Å². The second kappa shape index (κ2) is 7.46. The molecule has 0 unspecified atom stereocenters. The average molecular weight is 326 g/mol. The van der Waals surface area contributed by atoms with Crippen molar-refractivity contribution in [3.05, 3.63) is 58.7 Å². The lowest BCUT2D eigenvalue weighted by Gasteiger charge is -2.08. The lowest BCUT2D eigenvalue weighted by atomic mass is 10.0. The third kappa shape index (κ3) is 3.63. The van der Waals surface area contributed by atoms with Gasteiger partial charge in [0.25, 0.3) is 0 Å². The van der Waals surface area contributed by atoms with E-state index >= 15 is 0 Å². The molecule has 0 aliphatic heterocycles. The van der Waals surface area contributed by atoms with Crippen molar-refractivity contribution in [1.82, 2.24) is 0 Å². The molecule has 0 atom stereocenters. The molecule has 0 saturated heterocycles. The standard InChI is InChI=1S/C19H18O5/c1-12-8-13(9-15(11-20)19(12)22)4-6-16(21)14-5-7-17(23-2)18(10-14)24-3/h4-11,22H,1-3H3/b6-4+. The summed E-state index contributed by atoms with van der Waals surface area (Å²) in [4.78, 5) is 23.2. The quantitative estimate of drug-likeness (QED) is 0.500. The summed E-state index contributed by atoms with van der Waals surface area (Å²) in [7, 11) is 3.03. The predicted octanol–water partition coefficient (Wildman–Crippen LogP) is 3.43. The van der Waals surface area contributed by atoms with Crippen LogP contribution in [0, 0.1) is 6.92 Å². The number of carbonyl (C=O) groups excluding carboxylic acids is 2. The molecular formula is C19H18O5.